The van der Waals surface area contributed by atoms with E-state index in [0.29, 0.717) is 13.1 Å². The number of aryl methyl sites for hydroxylation is 1. The Balaban J connectivity index is 2.31. The number of nitrogens with one attached hydrogen (secondary N) is 1. The van der Waals surface area contributed by atoms with E-state index < -0.39 is 5.60 Å². The molecule has 2 aromatic heterocycles. The van der Waals surface area contributed by atoms with Gasteiger partial charge in [-0.3, -0.25) is 9.58 Å². The molecular formula is C14H24N6O. The Morgan fingerprint density at radius 2 is 2.10 bits per heavy atom. The summed E-state index contributed by atoms with van der Waals surface area (Å²) < 4.78 is 1.74. The molecule has 2 N–H and O–H groups in total. The lowest BCUT2D eigenvalue weighted by Gasteiger charge is -2.27. The van der Waals surface area contributed by atoms with Crippen molar-refractivity contribution >= 4 is 16.9 Å². The first-order chi connectivity index (χ1) is 9.84. The average Bonchev–Trinajstić information content (AvgIpc) is 2.77. The van der Waals surface area contributed by atoms with Crippen molar-refractivity contribution in [2.75, 3.05) is 25.5 Å². The van der Waals surface area contributed by atoms with E-state index in [-0.39, 0.29) is 0 Å². The summed E-state index contributed by atoms with van der Waals surface area (Å²) in [7, 11) is 3.71. The van der Waals surface area contributed by atoms with Crippen molar-refractivity contribution in [3.8, 4) is 0 Å². The number of rotatable bonds is 6. The van der Waals surface area contributed by atoms with Crippen LogP contribution in [0.3, 0.4) is 0 Å². The molecule has 0 radical (unpaired) electrons. The van der Waals surface area contributed by atoms with E-state index in [9.17, 15) is 5.11 Å². The first kappa shape index (κ1) is 15.7. The van der Waals surface area contributed by atoms with E-state index in [1.165, 1.54) is 0 Å². The van der Waals surface area contributed by atoms with Gasteiger partial charge in [-0.1, -0.05) is 6.92 Å². The monoisotopic (exact) mass is 292 g/mol. The molecule has 21 heavy (non-hydrogen) atoms. The van der Waals surface area contributed by atoms with Crippen molar-refractivity contribution in [1.82, 2.24) is 24.6 Å². The molecular weight excluding hydrogens is 268 g/mol. The smallest absolute Gasteiger partial charge is 0.163 e. The molecule has 2 heterocycles. The van der Waals surface area contributed by atoms with Crippen LogP contribution >= 0.6 is 0 Å². The van der Waals surface area contributed by atoms with Gasteiger partial charge in [-0.2, -0.15) is 5.10 Å². The van der Waals surface area contributed by atoms with Gasteiger partial charge in [0.25, 0.3) is 0 Å². The van der Waals surface area contributed by atoms with Gasteiger partial charge < -0.3 is 10.4 Å². The van der Waals surface area contributed by atoms with Gasteiger partial charge in [0, 0.05) is 20.6 Å². The van der Waals surface area contributed by atoms with Crippen molar-refractivity contribution in [1.29, 1.82) is 0 Å². The Hall–Kier alpha value is -1.73. The third-order valence-corrected chi connectivity index (χ3v) is 3.30. The van der Waals surface area contributed by atoms with Crippen LogP contribution in [0, 0.1) is 0 Å². The third-order valence-electron chi connectivity index (χ3n) is 3.30. The zero-order chi connectivity index (χ0) is 15.6. The highest BCUT2D eigenvalue weighted by Crippen LogP contribution is 2.19. The Kier molecular flexibility index (Phi) is 4.43. The minimum atomic E-state index is -0.738. The zero-order valence-corrected chi connectivity index (χ0v) is 13.4. The van der Waals surface area contributed by atoms with Gasteiger partial charge in [0.15, 0.2) is 5.65 Å². The summed E-state index contributed by atoms with van der Waals surface area (Å²) in [4.78, 5) is 11.3. The molecule has 0 unspecified atom stereocenters. The minimum absolute atomic E-state index is 0.575. The summed E-state index contributed by atoms with van der Waals surface area (Å²) in [6.07, 6.45) is 1.76. The largest absolute Gasteiger partial charge is 0.389 e. The fourth-order valence-electron chi connectivity index (χ4n) is 2.36. The van der Waals surface area contributed by atoms with Crippen LogP contribution in [0.2, 0.25) is 0 Å². The maximum atomic E-state index is 9.97. The van der Waals surface area contributed by atoms with Crippen LogP contribution in [-0.4, -0.2) is 55.5 Å². The van der Waals surface area contributed by atoms with Crippen LogP contribution in [0.15, 0.2) is 6.20 Å². The number of aliphatic hydroxyl groups is 1. The fourth-order valence-corrected chi connectivity index (χ4v) is 2.36. The normalized spacial score (nSPS) is 12.3. The van der Waals surface area contributed by atoms with Crippen molar-refractivity contribution in [3.63, 3.8) is 0 Å². The van der Waals surface area contributed by atoms with Crippen LogP contribution in [0.25, 0.3) is 11.0 Å². The number of anilines is 1. The maximum Gasteiger partial charge on any atom is 0.163 e. The van der Waals surface area contributed by atoms with Crippen LogP contribution < -0.4 is 5.32 Å². The lowest BCUT2D eigenvalue weighted by molar-refractivity contribution is 0.0346. The van der Waals surface area contributed by atoms with E-state index in [4.69, 9.17) is 0 Å². The molecule has 0 aromatic carbocycles. The molecule has 0 saturated heterocycles. The number of hydrogen-bond donors (Lipinski definition) is 2. The second kappa shape index (κ2) is 5.95. The molecule has 0 saturated carbocycles. The molecule has 7 heteroatoms. The number of hydrogen-bond acceptors (Lipinski definition) is 6. The number of nitrogens with zero attached hydrogens (tertiary/aromatic N) is 5. The molecule has 0 fully saturated rings. The van der Waals surface area contributed by atoms with Crippen molar-refractivity contribution < 1.29 is 5.11 Å². The van der Waals surface area contributed by atoms with Crippen molar-refractivity contribution in [2.45, 2.75) is 32.9 Å². The molecule has 0 bridgehead atoms. The predicted octanol–water partition coefficient (Wildman–Crippen LogP) is 0.998. The lowest BCUT2D eigenvalue weighted by atomic mass is 10.1. The van der Waals surface area contributed by atoms with E-state index in [1.807, 2.05) is 14.1 Å². The Morgan fingerprint density at radius 1 is 1.38 bits per heavy atom. The van der Waals surface area contributed by atoms with Crippen LogP contribution in [0.1, 0.15) is 26.6 Å². The predicted molar refractivity (Wildman–Crippen MR) is 83.1 cm³/mol. The Bertz CT molecular complexity index is 616. The van der Waals surface area contributed by atoms with Gasteiger partial charge in [-0.05, 0) is 20.4 Å². The Morgan fingerprint density at radius 3 is 2.67 bits per heavy atom. The first-order valence-electron chi connectivity index (χ1n) is 7.15. The lowest BCUT2D eigenvalue weighted by Crippen LogP contribution is -2.38. The standard InChI is InChI=1S/C14H24N6O/c1-6-20(9-14(2,3)21)8-11-17-12(15-4)10-7-16-19(5)13(10)18-11/h7,21H,6,8-9H2,1-5H3,(H,15,17,18). The highest BCUT2D eigenvalue weighted by atomic mass is 16.3. The van der Waals surface area contributed by atoms with E-state index in [1.54, 1.807) is 24.7 Å². The summed E-state index contributed by atoms with van der Waals surface area (Å²) in [6.45, 7) is 7.67. The number of fused-ring (bicyclic) bond motifs is 1. The second-order valence-corrected chi connectivity index (χ2v) is 5.86. The first-order valence-corrected chi connectivity index (χ1v) is 7.15. The second-order valence-electron chi connectivity index (χ2n) is 5.86. The quantitative estimate of drug-likeness (QED) is 0.827. The minimum Gasteiger partial charge on any atom is -0.389 e. The molecule has 0 spiro atoms. The molecule has 0 aliphatic heterocycles. The van der Waals surface area contributed by atoms with Gasteiger partial charge >= 0.3 is 0 Å². The van der Waals surface area contributed by atoms with Gasteiger partial charge in [-0.15, -0.1) is 0 Å². The van der Waals surface area contributed by atoms with E-state index >= 15 is 0 Å². The van der Waals surface area contributed by atoms with Crippen molar-refractivity contribution in [2.24, 2.45) is 7.05 Å². The maximum absolute atomic E-state index is 9.97. The fraction of sp³-hybridized carbons (Fsp3) is 0.643. The highest BCUT2D eigenvalue weighted by Gasteiger charge is 2.19. The molecule has 0 aliphatic carbocycles. The van der Waals surface area contributed by atoms with Crippen molar-refractivity contribution in [3.05, 3.63) is 12.0 Å². The molecule has 116 valence electrons. The highest BCUT2D eigenvalue weighted by molar-refractivity contribution is 5.86. The third kappa shape index (κ3) is 3.68. The SMILES string of the molecule is CCN(Cc1nc(NC)c2cnn(C)c2n1)CC(C)(C)O. The molecule has 0 aliphatic rings. The molecule has 2 rings (SSSR count). The van der Waals surface area contributed by atoms with Gasteiger partial charge in [0.1, 0.15) is 11.6 Å². The van der Waals surface area contributed by atoms with Crippen LogP contribution in [0.5, 0.6) is 0 Å². The number of likely N-dealkylation sites (N-methyl/N-ethyl adjacent to an activating group) is 1. The summed E-state index contributed by atoms with van der Waals surface area (Å²) in [5.74, 6) is 1.50. The topological polar surface area (TPSA) is 79.1 Å². The summed E-state index contributed by atoms with van der Waals surface area (Å²) in [5, 5.41) is 18.2. The molecule has 7 nitrogen and oxygen atoms in total. The average molecular weight is 292 g/mol. The summed E-state index contributed by atoms with van der Waals surface area (Å²) in [6, 6.07) is 0. The summed E-state index contributed by atoms with van der Waals surface area (Å²) >= 11 is 0. The zero-order valence-electron chi connectivity index (χ0n) is 13.4. The van der Waals surface area contributed by atoms with E-state index in [2.05, 4.69) is 32.2 Å². The summed E-state index contributed by atoms with van der Waals surface area (Å²) in [5.41, 5.74) is 0.0713. The Labute approximate surface area is 125 Å². The molecule has 2 aromatic rings. The number of aromatic nitrogens is 4. The van der Waals surface area contributed by atoms with Crippen LogP contribution in [-0.2, 0) is 13.6 Å². The van der Waals surface area contributed by atoms with Gasteiger partial charge in [0.05, 0.1) is 23.7 Å². The van der Waals surface area contributed by atoms with Gasteiger partial charge in [-0.25, -0.2) is 9.97 Å². The molecule has 0 atom stereocenters. The van der Waals surface area contributed by atoms with E-state index in [0.717, 1.165) is 29.2 Å². The van der Waals surface area contributed by atoms with Crippen LogP contribution in [0.4, 0.5) is 5.82 Å². The molecule has 0 amide bonds. The van der Waals surface area contributed by atoms with Gasteiger partial charge in [0.2, 0.25) is 0 Å².